The fourth-order valence-corrected chi connectivity index (χ4v) is 6.14. The molecule has 5 N–H and O–H groups in total. The monoisotopic (exact) mass is 707 g/mol. The number of nitrogens with one attached hydrogen (secondary N) is 3. The summed E-state index contributed by atoms with van der Waals surface area (Å²) in [6.07, 6.45) is -1.84. The van der Waals surface area contributed by atoms with Crippen molar-refractivity contribution in [3.8, 4) is 16.2 Å². The number of hydrogen-bond acceptors (Lipinski definition) is 10. The number of ether oxygens (including phenoxy) is 3. The number of alkyl halides is 1. The molecule has 270 valence electrons. The first-order valence-electron chi connectivity index (χ1n) is 16.2. The van der Waals surface area contributed by atoms with Gasteiger partial charge in [0.2, 0.25) is 11.8 Å². The zero-order valence-corrected chi connectivity index (χ0v) is 29.1. The first kappa shape index (κ1) is 38.0. The van der Waals surface area contributed by atoms with Crippen molar-refractivity contribution in [2.75, 3.05) is 46.1 Å². The van der Waals surface area contributed by atoms with E-state index >= 15 is 0 Å². The molecule has 1 saturated carbocycles. The van der Waals surface area contributed by atoms with E-state index in [-0.39, 0.29) is 71.9 Å². The van der Waals surface area contributed by atoms with E-state index in [1.807, 2.05) is 25.1 Å². The van der Waals surface area contributed by atoms with E-state index in [0.29, 0.717) is 11.3 Å². The first-order chi connectivity index (χ1) is 23.2. The van der Waals surface area contributed by atoms with E-state index in [9.17, 15) is 28.7 Å². The standard InChI is InChI=1S/C33H46FN5O9S/c1-20-26(49-19-37-20)21-5-6-22(25(15-21)48-14-13-47-12-11-46-10-9-35-31(44)45)17-36-28(41)24-16-23(40)18-39(24)29(42)27(32(2,3)4)38-30(43)33(34)7-8-33/h5-6,15,19,23-24,27,35,40H,7-14,16-18H2,1-4H3,(H,36,41)(H,38,43)(H,44,45)/t23-,24+,27-/m1/s1. The van der Waals surface area contributed by atoms with Gasteiger partial charge in [-0.1, -0.05) is 32.9 Å². The van der Waals surface area contributed by atoms with Crippen molar-refractivity contribution in [1.82, 2.24) is 25.8 Å². The smallest absolute Gasteiger partial charge is 0.404 e. The molecule has 2 heterocycles. The second-order valence-electron chi connectivity index (χ2n) is 13.2. The molecule has 1 aliphatic carbocycles. The van der Waals surface area contributed by atoms with Crippen molar-refractivity contribution in [3.63, 3.8) is 0 Å². The Balaban J connectivity index is 1.38. The molecule has 2 fully saturated rings. The summed E-state index contributed by atoms with van der Waals surface area (Å²) in [5, 5.41) is 26.7. The number of likely N-dealkylation sites (tertiary alicyclic amines) is 1. The number of benzene rings is 1. The van der Waals surface area contributed by atoms with Gasteiger partial charge in [-0.25, -0.2) is 14.2 Å². The second kappa shape index (κ2) is 16.7. The van der Waals surface area contributed by atoms with Crippen LogP contribution in [0.3, 0.4) is 0 Å². The zero-order valence-electron chi connectivity index (χ0n) is 28.3. The topological polar surface area (TPSA) is 189 Å². The number of amides is 4. The number of carboxylic acid groups (broad SMARTS) is 1. The molecule has 1 saturated heterocycles. The minimum Gasteiger partial charge on any atom is -0.491 e. The van der Waals surface area contributed by atoms with Gasteiger partial charge in [0.1, 0.15) is 24.4 Å². The number of rotatable bonds is 17. The first-order valence-corrected chi connectivity index (χ1v) is 17.1. The van der Waals surface area contributed by atoms with Crippen LogP contribution in [0.4, 0.5) is 9.18 Å². The molecule has 0 unspecified atom stereocenters. The molecule has 1 aromatic carbocycles. The third-order valence-corrected chi connectivity index (χ3v) is 9.23. The van der Waals surface area contributed by atoms with Gasteiger partial charge in [0.25, 0.3) is 5.91 Å². The number of aryl methyl sites for hydroxylation is 1. The Morgan fingerprint density at radius 3 is 2.43 bits per heavy atom. The van der Waals surface area contributed by atoms with Gasteiger partial charge in [-0.3, -0.25) is 14.4 Å². The third kappa shape index (κ3) is 10.6. The summed E-state index contributed by atoms with van der Waals surface area (Å²) in [5.74, 6) is -1.36. The lowest BCUT2D eigenvalue weighted by atomic mass is 9.85. The lowest BCUT2D eigenvalue weighted by Gasteiger charge is -2.35. The number of aliphatic hydroxyl groups is 1. The van der Waals surface area contributed by atoms with Gasteiger partial charge in [-0.15, -0.1) is 11.3 Å². The van der Waals surface area contributed by atoms with Crippen molar-refractivity contribution in [2.24, 2.45) is 5.41 Å². The van der Waals surface area contributed by atoms with Crippen LogP contribution >= 0.6 is 11.3 Å². The van der Waals surface area contributed by atoms with Crippen LogP contribution in [0.2, 0.25) is 0 Å². The van der Waals surface area contributed by atoms with Crippen molar-refractivity contribution in [1.29, 1.82) is 0 Å². The number of halogens is 1. The number of aliphatic hydroxyl groups excluding tert-OH is 1. The van der Waals surface area contributed by atoms with Crippen LogP contribution in [0.5, 0.6) is 5.75 Å². The quantitative estimate of drug-likeness (QED) is 0.153. The highest BCUT2D eigenvalue weighted by molar-refractivity contribution is 7.13. The molecule has 14 nitrogen and oxygen atoms in total. The molecular weight excluding hydrogens is 661 g/mol. The van der Waals surface area contributed by atoms with E-state index < -0.39 is 53.1 Å². The number of β-amino-alcohol motifs (C(OH)–C–C–N with tert-alkyl or cyclic N) is 1. The summed E-state index contributed by atoms with van der Waals surface area (Å²) in [7, 11) is 0. The maximum Gasteiger partial charge on any atom is 0.404 e. The fraction of sp³-hybridized carbons (Fsp3) is 0.606. The molecule has 2 aromatic rings. The molecule has 4 rings (SSSR count). The Labute approximate surface area is 288 Å². The van der Waals surface area contributed by atoms with Crippen LogP contribution in [0.25, 0.3) is 10.4 Å². The van der Waals surface area contributed by atoms with E-state index in [1.54, 1.807) is 26.3 Å². The van der Waals surface area contributed by atoms with Crippen LogP contribution < -0.4 is 20.7 Å². The Kier molecular flexibility index (Phi) is 12.9. The fourth-order valence-electron chi connectivity index (χ4n) is 5.34. The van der Waals surface area contributed by atoms with Gasteiger partial charge >= 0.3 is 6.09 Å². The molecule has 2 aliphatic rings. The number of nitrogens with zero attached hydrogens (tertiary/aromatic N) is 2. The van der Waals surface area contributed by atoms with Crippen LogP contribution in [-0.2, 0) is 30.4 Å². The Morgan fingerprint density at radius 2 is 1.80 bits per heavy atom. The van der Waals surface area contributed by atoms with E-state index in [2.05, 4.69) is 20.9 Å². The summed E-state index contributed by atoms with van der Waals surface area (Å²) in [6, 6.07) is 3.52. The van der Waals surface area contributed by atoms with Crippen molar-refractivity contribution >= 4 is 35.2 Å². The number of carbonyl (C=O) groups excluding carboxylic acids is 3. The Hall–Kier alpha value is -3.86. The van der Waals surface area contributed by atoms with Gasteiger partial charge in [0.15, 0.2) is 5.67 Å². The molecule has 1 aromatic heterocycles. The van der Waals surface area contributed by atoms with Crippen LogP contribution in [-0.4, -0.2) is 114 Å². The van der Waals surface area contributed by atoms with Crippen molar-refractivity contribution in [3.05, 3.63) is 35.0 Å². The summed E-state index contributed by atoms with van der Waals surface area (Å²) in [6.45, 7) is 8.54. The van der Waals surface area contributed by atoms with Gasteiger partial charge in [-0.2, -0.15) is 0 Å². The lowest BCUT2D eigenvalue weighted by Crippen LogP contribution is -2.59. The Bertz CT molecular complexity index is 1480. The number of hydrogen-bond donors (Lipinski definition) is 5. The molecule has 0 radical (unpaired) electrons. The van der Waals surface area contributed by atoms with Crippen molar-refractivity contribution < 1.29 is 48.0 Å². The van der Waals surface area contributed by atoms with Crippen molar-refractivity contribution in [2.45, 2.75) is 77.4 Å². The highest BCUT2D eigenvalue weighted by Gasteiger charge is 2.53. The van der Waals surface area contributed by atoms with Crippen LogP contribution in [0, 0.1) is 12.3 Å². The zero-order chi connectivity index (χ0) is 35.8. The summed E-state index contributed by atoms with van der Waals surface area (Å²) in [5.41, 5.74) is 1.43. The SMILES string of the molecule is Cc1ncsc1-c1ccc(CNC(=O)[C@@H]2C[C@@H](O)CN2C(=O)[C@@H](NC(=O)C2(F)CC2)C(C)(C)C)c(OCCOCCOCCNC(=O)O)c1. The second-order valence-corrected chi connectivity index (χ2v) is 14.1. The highest BCUT2D eigenvalue weighted by Crippen LogP contribution is 2.40. The number of thiazole rings is 1. The normalized spacial score (nSPS) is 18.9. The molecule has 3 atom stereocenters. The number of aromatic nitrogens is 1. The van der Waals surface area contributed by atoms with E-state index in [1.165, 1.54) is 16.2 Å². The molecule has 0 spiro atoms. The summed E-state index contributed by atoms with van der Waals surface area (Å²) in [4.78, 5) is 56.9. The average Bonchev–Trinajstić information content (AvgIpc) is 3.45. The average molecular weight is 708 g/mol. The molecule has 4 amide bonds. The molecule has 16 heteroatoms. The molecule has 49 heavy (non-hydrogen) atoms. The maximum atomic E-state index is 14.5. The third-order valence-electron chi connectivity index (χ3n) is 8.26. The molecular formula is C33H46FN5O9S. The molecule has 0 bridgehead atoms. The van der Waals surface area contributed by atoms with Crippen LogP contribution in [0.15, 0.2) is 23.7 Å². The van der Waals surface area contributed by atoms with Gasteiger partial charge in [-0.05, 0) is 36.8 Å². The maximum absolute atomic E-state index is 14.5. The summed E-state index contributed by atoms with van der Waals surface area (Å²) < 4.78 is 31.5. The lowest BCUT2D eigenvalue weighted by molar-refractivity contribution is -0.145. The summed E-state index contributed by atoms with van der Waals surface area (Å²) >= 11 is 1.49. The number of carbonyl (C=O) groups is 4. The van der Waals surface area contributed by atoms with Crippen LogP contribution in [0.1, 0.15) is 51.3 Å². The minimum absolute atomic E-state index is 0.0134. The predicted molar refractivity (Wildman–Crippen MR) is 178 cm³/mol. The van der Waals surface area contributed by atoms with Gasteiger partial charge in [0.05, 0.1) is 48.6 Å². The van der Waals surface area contributed by atoms with E-state index in [0.717, 1.165) is 16.1 Å². The molecule has 1 aliphatic heterocycles. The van der Waals surface area contributed by atoms with Gasteiger partial charge < -0.3 is 45.3 Å². The highest BCUT2D eigenvalue weighted by atomic mass is 32.1. The Morgan fingerprint density at radius 1 is 1.10 bits per heavy atom. The largest absolute Gasteiger partial charge is 0.491 e. The van der Waals surface area contributed by atoms with E-state index in [4.69, 9.17) is 19.3 Å². The minimum atomic E-state index is -1.97. The predicted octanol–water partition coefficient (Wildman–Crippen LogP) is 2.41. The van der Waals surface area contributed by atoms with Gasteiger partial charge in [0, 0.05) is 31.6 Å².